The first-order chi connectivity index (χ1) is 17.5. The zero-order chi connectivity index (χ0) is 27.4. The van der Waals surface area contributed by atoms with E-state index in [0.29, 0.717) is 18.7 Å². The highest BCUT2D eigenvalue weighted by atomic mass is 32.3. The van der Waals surface area contributed by atoms with E-state index < -0.39 is 10.4 Å². The van der Waals surface area contributed by atoms with Crippen LogP contribution >= 0.6 is 0 Å². The van der Waals surface area contributed by atoms with Crippen molar-refractivity contribution in [2.24, 2.45) is 0 Å². The fraction of sp³-hybridized carbons (Fsp3) is 0.379. The molecule has 1 N–H and O–H groups in total. The highest BCUT2D eigenvalue weighted by molar-refractivity contribution is 7.79. The Balaban J connectivity index is 0.000000877. The summed E-state index contributed by atoms with van der Waals surface area (Å²) in [5.41, 5.74) is 4.48. The molecule has 202 valence electrons. The Bertz CT molecular complexity index is 1150. The summed E-state index contributed by atoms with van der Waals surface area (Å²) < 4.78 is 40.4. The minimum Gasteiger partial charge on any atom is -0.759 e. The van der Waals surface area contributed by atoms with Crippen molar-refractivity contribution in [3.05, 3.63) is 101 Å². The van der Waals surface area contributed by atoms with E-state index in [1.165, 1.54) is 5.56 Å². The number of hydrogen-bond acceptors (Lipinski definition) is 7. The molecule has 0 saturated heterocycles. The van der Waals surface area contributed by atoms with Gasteiger partial charge < -0.3 is 18.9 Å². The van der Waals surface area contributed by atoms with Crippen molar-refractivity contribution in [3.63, 3.8) is 0 Å². The first kappa shape index (κ1) is 30.5. The van der Waals surface area contributed by atoms with E-state index in [1.807, 2.05) is 30.3 Å². The minimum absolute atomic E-state index is 0.0254. The Morgan fingerprint density at radius 3 is 1.89 bits per heavy atom. The lowest BCUT2D eigenvalue weighted by atomic mass is 9.86. The van der Waals surface area contributed by atoms with Crippen molar-refractivity contribution in [1.82, 2.24) is 4.90 Å². The van der Waals surface area contributed by atoms with Crippen molar-refractivity contribution in [3.8, 4) is 5.75 Å². The van der Waals surface area contributed by atoms with E-state index in [4.69, 9.17) is 22.3 Å². The summed E-state index contributed by atoms with van der Waals surface area (Å²) in [4.78, 5) is 2.54. The van der Waals surface area contributed by atoms with Crippen molar-refractivity contribution in [2.75, 3.05) is 6.54 Å². The van der Waals surface area contributed by atoms with Gasteiger partial charge in [-0.25, -0.2) is 0 Å². The lowest BCUT2D eigenvalue weighted by molar-refractivity contribution is 0.170. The summed E-state index contributed by atoms with van der Waals surface area (Å²) in [6.07, 6.45) is 0.983. The summed E-state index contributed by atoms with van der Waals surface area (Å²) in [6, 6.07) is 28.0. The van der Waals surface area contributed by atoms with Crippen LogP contribution in [0.2, 0.25) is 0 Å². The molecular weight excluding hydrogens is 490 g/mol. The average molecular weight is 528 g/mol. The van der Waals surface area contributed by atoms with Crippen molar-refractivity contribution in [1.29, 1.82) is 0 Å². The van der Waals surface area contributed by atoms with Gasteiger partial charge in [0.2, 0.25) is 0 Å². The normalized spacial score (nSPS) is 12.4. The highest BCUT2D eigenvalue weighted by Gasteiger charge is 2.22. The Kier molecular flexibility index (Phi) is 12.2. The van der Waals surface area contributed by atoms with Crippen LogP contribution in [0.25, 0.3) is 0 Å². The molecule has 8 heteroatoms. The van der Waals surface area contributed by atoms with Crippen molar-refractivity contribution in [2.45, 2.75) is 65.3 Å². The topological polar surface area (TPSA) is 113 Å². The van der Waals surface area contributed by atoms with Gasteiger partial charge in [-0.1, -0.05) is 66.7 Å². The second-order valence-corrected chi connectivity index (χ2v) is 10.2. The van der Waals surface area contributed by atoms with Crippen molar-refractivity contribution < 1.29 is 27.4 Å². The third-order valence-electron chi connectivity index (χ3n) is 6.07. The molecule has 0 spiro atoms. The van der Waals surface area contributed by atoms with Gasteiger partial charge >= 0.3 is 0 Å². The predicted octanol–water partition coefficient (Wildman–Crippen LogP) is 5.06. The van der Waals surface area contributed by atoms with Crippen LogP contribution in [-0.4, -0.2) is 46.2 Å². The summed E-state index contributed by atoms with van der Waals surface area (Å²) in [7, 11) is -5.17. The fourth-order valence-corrected chi connectivity index (χ4v) is 4.41. The van der Waals surface area contributed by atoms with Crippen molar-refractivity contribution >= 4 is 10.4 Å². The second kappa shape index (κ2) is 14.9. The monoisotopic (exact) mass is 527 g/mol. The van der Waals surface area contributed by atoms with Crippen LogP contribution < -0.4 is 4.74 Å². The Morgan fingerprint density at radius 2 is 1.38 bits per heavy atom. The molecule has 0 aromatic heterocycles. The van der Waals surface area contributed by atoms with E-state index in [-0.39, 0.29) is 12.5 Å². The lowest BCUT2D eigenvalue weighted by Crippen LogP contribution is -2.38. The van der Waals surface area contributed by atoms with Gasteiger partial charge in [0.15, 0.2) is 0 Å². The van der Waals surface area contributed by atoms with Crippen LogP contribution in [-0.2, 0) is 23.6 Å². The van der Waals surface area contributed by atoms with Gasteiger partial charge in [0.25, 0.3) is 0 Å². The maximum atomic E-state index is 9.83. The smallest absolute Gasteiger partial charge is 0.123 e. The van der Waals surface area contributed by atoms with Crippen LogP contribution in [0.5, 0.6) is 5.75 Å². The minimum atomic E-state index is -5.17. The molecular formula is C29H37NO6S-2. The quantitative estimate of drug-likeness (QED) is 0.274. The maximum absolute atomic E-state index is 9.83. The summed E-state index contributed by atoms with van der Waals surface area (Å²) in [6.45, 7) is 10.6. The summed E-state index contributed by atoms with van der Waals surface area (Å²) >= 11 is 0. The van der Waals surface area contributed by atoms with Gasteiger partial charge in [-0.3, -0.25) is 13.3 Å². The van der Waals surface area contributed by atoms with Gasteiger partial charge in [-0.05, 0) is 69.5 Å². The first-order valence-corrected chi connectivity index (χ1v) is 13.7. The fourth-order valence-electron chi connectivity index (χ4n) is 4.41. The number of aliphatic hydroxyl groups is 1. The molecule has 0 saturated carbocycles. The van der Waals surface area contributed by atoms with Gasteiger partial charge in [0.1, 0.15) is 12.4 Å². The molecule has 37 heavy (non-hydrogen) atoms. The molecule has 0 radical (unpaired) electrons. The third kappa shape index (κ3) is 11.0. The van der Waals surface area contributed by atoms with Crippen LogP contribution in [0.3, 0.4) is 0 Å². The Labute approximate surface area is 221 Å². The van der Waals surface area contributed by atoms with Gasteiger partial charge in [0.05, 0.1) is 6.61 Å². The first-order valence-electron chi connectivity index (χ1n) is 12.4. The standard InChI is InChI=1S/C29H37NO2.H2O4S/c1-22(2)30(23(3)4)18-17-27(26-13-9-6-10-14-26)28-19-25(20-31)15-16-29(28)32-21-24-11-7-5-8-12-24;1-5(2,3)4/h5-16,19,22-23,27,31H,17-18,20-21H2,1-4H3;(H2,1,2,3,4)/p-2/t27-;/m1./s1. The van der Waals surface area contributed by atoms with Gasteiger partial charge in [-0.15, -0.1) is 0 Å². The molecule has 0 aliphatic heterocycles. The molecule has 3 rings (SSSR count). The second-order valence-electron chi connectivity index (χ2n) is 9.39. The zero-order valence-electron chi connectivity index (χ0n) is 21.9. The predicted molar refractivity (Wildman–Crippen MR) is 143 cm³/mol. The highest BCUT2D eigenvalue weighted by Crippen LogP contribution is 2.36. The summed E-state index contributed by atoms with van der Waals surface area (Å²) in [5, 5.41) is 9.83. The summed E-state index contributed by atoms with van der Waals surface area (Å²) in [5.74, 6) is 1.08. The van der Waals surface area contributed by atoms with Gasteiger partial charge in [-0.2, -0.15) is 0 Å². The number of rotatable bonds is 11. The molecule has 1 atom stereocenters. The molecule has 0 aliphatic rings. The maximum Gasteiger partial charge on any atom is 0.123 e. The number of nitrogens with zero attached hydrogens (tertiary/aromatic N) is 1. The molecule has 0 aliphatic carbocycles. The molecule has 0 unspecified atom stereocenters. The molecule has 0 heterocycles. The molecule has 3 aromatic carbocycles. The zero-order valence-corrected chi connectivity index (χ0v) is 22.7. The van der Waals surface area contributed by atoms with E-state index in [2.05, 4.69) is 81.1 Å². The number of benzene rings is 3. The molecule has 7 nitrogen and oxygen atoms in total. The average Bonchev–Trinajstić information content (AvgIpc) is 2.85. The SMILES string of the molecule is CC(C)N(CC[C@H](c1ccccc1)c1cc(CO)ccc1OCc1ccccc1)C(C)C.O=S(=O)([O-])[O-]. The van der Waals surface area contributed by atoms with Crippen LogP contribution in [0.1, 0.15) is 62.3 Å². The molecule has 3 aromatic rings. The number of ether oxygens (including phenoxy) is 1. The van der Waals surface area contributed by atoms with Crippen LogP contribution in [0.15, 0.2) is 78.9 Å². The number of hydrogen-bond donors (Lipinski definition) is 1. The number of aliphatic hydroxyl groups excluding tert-OH is 1. The molecule has 0 bridgehead atoms. The van der Waals surface area contributed by atoms with Crippen LogP contribution in [0.4, 0.5) is 0 Å². The largest absolute Gasteiger partial charge is 0.759 e. The molecule has 0 fully saturated rings. The lowest BCUT2D eigenvalue weighted by Gasteiger charge is -2.32. The van der Waals surface area contributed by atoms with E-state index in [0.717, 1.165) is 35.4 Å². The Morgan fingerprint density at radius 1 is 0.838 bits per heavy atom. The third-order valence-corrected chi connectivity index (χ3v) is 6.07. The van der Waals surface area contributed by atoms with Gasteiger partial charge in [0, 0.05) is 34.0 Å². The van der Waals surface area contributed by atoms with E-state index >= 15 is 0 Å². The van der Waals surface area contributed by atoms with Crippen LogP contribution in [0, 0.1) is 0 Å². The van der Waals surface area contributed by atoms with E-state index in [9.17, 15) is 5.11 Å². The van der Waals surface area contributed by atoms with E-state index in [1.54, 1.807) is 0 Å². The Hall–Kier alpha value is -2.75. The molecule has 0 amide bonds.